The van der Waals surface area contributed by atoms with Crippen molar-refractivity contribution in [3.8, 4) is 0 Å². The molecule has 96 valence electrons. The average molecular weight is 291 g/mol. The molecule has 0 saturated heterocycles. The van der Waals surface area contributed by atoms with Crippen molar-refractivity contribution in [2.24, 2.45) is 0 Å². The van der Waals surface area contributed by atoms with Crippen LogP contribution in [0.3, 0.4) is 0 Å². The Morgan fingerprint density at radius 1 is 0.947 bits per heavy atom. The highest BCUT2D eigenvalue weighted by Gasteiger charge is 1.99. The fourth-order valence-corrected chi connectivity index (χ4v) is 2.08. The molecule has 0 fully saturated rings. The maximum atomic E-state index is 10.6. The van der Waals surface area contributed by atoms with Crippen molar-refractivity contribution >= 4 is 41.6 Å². The van der Waals surface area contributed by atoms with E-state index < -0.39 is 0 Å². The fourth-order valence-electron chi connectivity index (χ4n) is 1.77. The molecule has 0 aliphatic heterocycles. The molecule has 0 N–H and O–H groups in total. The number of rotatable bonds is 4. The van der Waals surface area contributed by atoms with Crippen LogP contribution in [-0.2, 0) is 11.2 Å². The first kappa shape index (κ1) is 13.9. The van der Waals surface area contributed by atoms with Crippen LogP contribution in [-0.4, -0.2) is 6.29 Å². The van der Waals surface area contributed by atoms with Gasteiger partial charge in [-0.1, -0.05) is 65.7 Å². The zero-order chi connectivity index (χ0) is 13.7. The molecule has 1 nitrogen and oxygen atoms in total. The molecule has 0 aromatic heterocycles. The SMILES string of the molecule is O=CCc1ccccc1/C=C\c1ccc(Cl)c(Cl)c1. The summed E-state index contributed by atoms with van der Waals surface area (Å²) >= 11 is 11.8. The number of aldehydes is 1. The largest absolute Gasteiger partial charge is 0.303 e. The lowest BCUT2D eigenvalue weighted by Gasteiger charge is -2.02. The average Bonchev–Trinajstić information content (AvgIpc) is 2.42. The Morgan fingerprint density at radius 3 is 2.47 bits per heavy atom. The lowest BCUT2D eigenvalue weighted by Crippen LogP contribution is -1.89. The zero-order valence-corrected chi connectivity index (χ0v) is 11.7. The Morgan fingerprint density at radius 2 is 1.74 bits per heavy atom. The third-order valence-corrected chi connectivity index (χ3v) is 3.50. The zero-order valence-electron chi connectivity index (χ0n) is 10.1. The smallest absolute Gasteiger partial charge is 0.124 e. The number of benzene rings is 2. The second-order valence-corrected chi connectivity index (χ2v) is 4.89. The maximum absolute atomic E-state index is 10.6. The molecular formula is C16H12Cl2O. The van der Waals surface area contributed by atoms with Gasteiger partial charge in [0.15, 0.2) is 0 Å². The summed E-state index contributed by atoms with van der Waals surface area (Å²) in [6.07, 6.45) is 5.25. The maximum Gasteiger partial charge on any atom is 0.124 e. The summed E-state index contributed by atoms with van der Waals surface area (Å²) in [7, 11) is 0. The van der Waals surface area contributed by atoms with Crippen LogP contribution in [0, 0.1) is 0 Å². The molecule has 0 atom stereocenters. The highest BCUT2D eigenvalue weighted by atomic mass is 35.5. The van der Waals surface area contributed by atoms with E-state index in [1.165, 1.54) is 0 Å². The van der Waals surface area contributed by atoms with Crippen molar-refractivity contribution < 1.29 is 4.79 Å². The van der Waals surface area contributed by atoms with Gasteiger partial charge in [0.25, 0.3) is 0 Å². The van der Waals surface area contributed by atoms with Gasteiger partial charge < -0.3 is 4.79 Å². The van der Waals surface area contributed by atoms with Crippen LogP contribution >= 0.6 is 23.2 Å². The second-order valence-electron chi connectivity index (χ2n) is 4.08. The Balaban J connectivity index is 2.27. The molecule has 0 saturated carbocycles. The summed E-state index contributed by atoms with van der Waals surface area (Å²) in [4.78, 5) is 10.6. The van der Waals surface area contributed by atoms with E-state index in [0.717, 1.165) is 23.0 Å². The van der Waals surface area contributed by atoms with Crippen molar-refractivity contribution in [3.63, 3.8) is 0 Å². The van der Waals surface area contributed by atoms with Gasteiger partial charge >= 0.3 is 0 Å². The quantitative estimate of drug-likeness (QED) is 0.578. The molecule has 3 heteroatoms. The van der Waals surface area contributed by atoms with Crippen LogP contribution < -0.4 is 0 Å². The minimum Gasteiger partial charge on any atom is -0.303 e. The summed E-state index contributed by atoms with van der Waals surface area (Å²) in [5.41, 5.74) is 3.00. The molecule has 0 radical (unpaired) electrons. The van der Waals surface area contributed by atoms with Crippen LogP contribution in [0.2, 0.25) is 10.0 Å². The molecular weight excluding hydrogens is 279 g/mol. The molecule has 0 heterocycles. The number of hydrogen-bond donors (Lipinski definition) is 0. The van der Waals surface area contributed by atoms with E-state index in [2.05, 4.69) is 0 Å². The van der Waals surface area contributed by atoms with Gasteiger partial charge in [0.05, 0.1) is 10.0 Å². The van der Waals surface area contributed by atoms with Gasteiger partial charge in [-0.2, -0.15) is 0 Å². The monoisotopic (exact) mass is 290 g/mol. The van der Waals surface area contributed by atoms with E-state index >= 15 is 0 Å². The van der Waals surface area contributed by atoms with Gasteiger partial charge in [-0.25, -0.2) is 0 Å². The van der Waals surface area contributed by atoms with Crippen LogP contribution in [0.4, 0.5) is 0 Å². The van der Waals surface area contributed by atoms with Crippen molar-refractivity contribution in [2.75, 3.05) is 0 Å². The summed E-state index contributed by atoms with van der Waals surface area (Å²) in [5, 5.41) is 1.07. The molecule has 2 rings (SSSR count). The lowest BCUT2D eigenvalue weighted by atomic mass is 10.0. The van der Waals surface area contributed by atoms with E-state index in [-0.39, 0.29) is 0 Å². The molecule has 0 bridgehead atoms. The van der Waals surface area contributed by atoms with Gasteiger partial charge in [0.2, 0.25) is 0 Å². The van der Waals surface area contributed by atoms with Gasteiger partial charge in [-0.05, 0) is 28.8 Å². The highest BCUT2D eigenvalue weighted by molar-refractivity contribution is 6.42. The van der Waals surface area contributed by atoms with Gasteiger partial charge in [0, 0.05) is 6.42 Å². The minimum atomic E-state index is 0.419. The van der Waals surface area contributed by atoms with Crippen LogP contribution in [0.1, 0.15) is 16.7 Å². The Hall–Kier alpha value is -1.57. The van der Waals surface area contributed by atoms with Crippen molar-refractivity contribution in [3.05, 3.63) is 69.2 Å². The van der Waals surface area contributed by atoms with Crippen molar-refractivity contribution in [2.45, 2.75) is 6.42 Å². The van der Waals surface area contributed by atoms with Crippen LogP contribution in [0.25, 0.3) is 12.2 Å². The van der Waals surface area contributed by atoms with Gasteiger partial charge in [-0.15, -0.1) is 0 Å². The van der Waals surface area contributed by atoms with E-state index in [1.807, 2.05) is 48.6 Å². The second kappa shape index (κ2) is 6.55. The molecule has 0 amide bonds. The van der Waals surface area contributed by atoms with E-state index in [4.69, 9.17) is 23.2 Å². The fraction of sp³-hybridized carbons (Fsp3) is 0.0625. The first-order chi connectivity index (χ1) is 9.20. The van der Waals surface area contributed by atoms with Crippen molar-refractivity contribution in [1.82, 2.24) is 0 Å². The van der Waals surface area contributed by atoms with E-state index in [9.17, 15) is 4.79 Å². The molecule has 2 aromatic rings. The first-order valence-corrected chi connectivity index (χ1v) is 6.61. The van der Waals surface area contributed by atoms with Gasteiger partial charge in [0.1, 0.15) is 6.29 Å². The summed E-state index contributed by atoms with van der Waals surface area (Å²) in [6.45, 7) is 0. The van der Waals surface area contributed by atoms with Gasteiger partial charge in [-0.3, -0.25) is 0 Å². The molecule has 0 unspecified atom stereocenters. The lowest BCUT2D eigenvalue weighted by molar-refractivity contribution is -0.107. The Bertz CT molecular complexity index is 618. The summed E-state index contributed by atoms with van der Waals surface area (Å²) in [6, 6.07) is 13.3. The number of carbonyl (C=O) groups excluding carboxylic acids is 1. The molecule has 0 aliphatic rings. The Kier molecular flexibility index (Phi) is 4.78. The molecule has 0 spiro atoms. The highest BCUT2D eigenvalue weighted by Crippen LogP contribution is 2.23. The minimum absolute atomic E-state index is 0.419. The summed E-state index contributed by atoms with van der Waals surface area (Å²) in [5.74, 6) is 0. The number of halogens is 2. The van der Waals surface area contributed by atoms with Crippen LogP contribution in [0.15, 0.2) is 42.5 Å². The van der Waals surface area contributed by atoms with E-state index in [0.29, 0.717) is 16.5 Å². The first-order valence-electron chi connectivity index (χ1n) is 5.85. The third-order valence-electron chi connectivity index (χ3n) is 2.76. The standard InChI is InChI=1S/C16H12Cl2O/c17-15-8-6-12(11-16(15)18)5-7-13-3-1-2-4-14(13)9-10-19/h1-8,10-11H,9H2/b7-5-. The molecule has 19 heavy (non-hydrogen) atoms. The van der Waals surface area contributed by atoms with Crippen LogP contribution in [0.5, 0.6) is 0 Å². The number of hydrogen-bond acceptors (Lipinski definition) is 1. The van der Waals surface area contributed by atoms with Crippen molar-refractivity contribution in [1.29, 1.82) is 0 Å². The van der Waals surface area contributed by atoms with E-state index in [1.54, 1.807) is 6.07 Å². The molecule has 0 aliphatic carbocycles. The topological polar surface area (TPSA) is 17.1 Å². The third kappa shape index (κ3) is 3.69. The number of carbonyl (C=O) groups is 1. The predicted molar refractivity (Wildman–Crippen MR) is 81.6 cm³/mol. The normalized spacial score (nSPS) is 10.8. The predicted octanol–water partition coefficient (Wildman–Crippen LogP) is 4.91. The Labute approximate surface area is 122 Å². The molecule has 2 aromatic carbocycles. The summed E-state index contributed by atoms with van der Waals surface area (Å²) < 4.78 is 0.